The van der Waals surface area contributed by atoms with Crippen LogP contribution in [0.25, 0.3) is 0 Å². The number of carboxylic acid groups (broad SMARTS) is 1. The van der Waals surface area contributed by atoms with Gasteiger partial charge in [0, 0.05) is 6.42 Å². The van der Waals surface area contributed by atoms with Gasteiger partial charge in [0.2, 0.25) is 0 Å². The highest BCUT2D eigenvalue weighted by molar-refractivity contribution is 5.75. The zero-order valence-electron chi connectivity index (χ0n) is 9.35. The molecule has 1 saturated carbocycles. The zero-order chi connectivity index (χ0) is 12.0. The number of rotatable bonds is 5. The number of nitrogens with two attached hydrogens (primary N) is 1. The summed E-state index contributed by atoms with van der Waals surface area (Å²) in [7, 11) is 0. The van der Waals surface area contributed by atoms with Crippen molar-refractivity contribution < 1.29 is 19.4 Å². The van der Waals surface area contributed by atoms with Crippen molar-refractivity contribution in [1.82, 2.24) is 0 Å². The summed E-state index contributed by atoms with van der Waals surface area (Å²) in [6.07, 6.45) is 5.53. The van der Waals surface area contributed by atoms with Gasteiger partial charge in [-0.15, -0.1) is 0 Å². The molecule has 3 N–H and O–H groups in total. The van der Waals surface area contributed by atoms with Crippen LogP contribution in [0.2, 0.25) is 0 Å². The Morgan fingerprint density at radius 3 is 2.50 bits per heavy atom. The number of carbonyl (C=O) groups excluding carboxylic acids is 1. The molecule has 0 saturated heterocycles. The zero-order valence-corrected chi connectivity index (χ0v) is 9.35. The molecule has 1 aliphatic carbocycles. The van der Waals surface area contributed by atoms with Crippen molar-refractivity contribution in [2.45, 2.75) is 57.1 Å². The minimum absolute atomic E-state index is 0.0299. The van der Waals surface area contributed by atoms with Gasteiger partial charge in [0.25, 0.3) is 0 Å². The van der Waals surface area contributed by atoms with Crippen LogP contribution in [0.4, 0.5) is 0 Å². The molecule has 0 aliphatic heterocycles. The van der Waals surface area contributed by atoms with E-state index in [1.807, 2.05) is 0 Å². The molecule has 5 heteroatoms. The van der Waals surface area contributed by atoms with E-state index in [4.69, 9.17) is 15.6 Å². The van der Waals surface area contributed by atoms with E-state index in [1.165, 1.54) is 6.42 Å². The SMILES string of the molecule is N[C@H](CCC(=O)OC1CCCCC1)C(=O)O. The number of esters is 1. The van der Waals surface area contributed by atoms with Crippen LogP contribution in [0.3, 0.4) is 0 Å². The second-order valence-electron chi connectivity index (χ2n) is 4.23. The number of hydrogen-bond donors (Lipinski definition) is 2. The Kier molecular flexibility index (Phi) is 5.25. The molecule has 5 nitrogen and oxygen atoms in total. The molecule has 0 aromatic rings. The summed E-state index contributed by atoms with van der Waals surface area (Å²) in [4.78, 5) is 21.8. The van der Waals surface area contributed by atoms with E-state index in [0.717, 1.165) is 25.7 Å². The van der Waals surface area contributed by atoms with Gasteiger partial charge in [-0.3, -0.25) is 9.59 Å². The third-order valence-corrected chi connectivity index (χ3v) is 2.83. The van der Waals surface area contributed by atoms with E-state index >= 15 is 0 Å². The maximum atomic E-state index is 11.4. The molecule has 0 spiro atoms. The average molecular weight is 229 g/mol. The second-order valence-corrected chi connectivity index (χ2v) is 4.23. The van der Waals surface area contributed by atoms with E-state index in [9.17, 15) is 9.59 Å². The lowest BCUT2D eigenvalue weighted by Crippen LogP contribution is -2.31. The lowest BCUT2D eigenvalue weighted by Gasteiger charge is -2.21. The second kappa shape index (κ2) is 6.48. The molecule has 1 atom stereocenters. The number of aliphatic carboxylic acids is 1. The molecular weight excluding hydrogens is 210 g/mol. The topological polar surface area (TPSA) is 89.6 Å². The van der Waals surface area contributed by atoms with Crippen molar-refractivity contribution in [2.24, 2.45) is 5.73 Å². The summed E-state index contributed by atoms with van der Waals surface area (Å²) < 4.78 is 5.23. The van der Waals surface area contributed by atoms with Gasteiger partial charge in [-0.05, 0) is 32.1 Å². The van der Waals surface area contributed by atoms with Gasteiger partial charge in [0.05, 0.1) is 0 Å². The van der Waals surface area contributed by atoms with Crippen LogP contribution < -0.4 is 5.73 Å². The molecule has 1 fully saturated rings. The van der Waals surface area contributed by atoms with Crippen molar-refractivity contribution >= 4 is 11.9 Å². The fraction of sp³-hybridized carbons (Fsp3) is 0.818. The van der Waals surface area contributed by atoms with Crippen LogP contribution in [0.1, 0.15) is 44.9 Å². The normalized spacial score (nSPS) is 19.1. The third kappa shape index (κ3) is 4.61. The van der Waals surface area contributed by atoms with Crippen molar-refractivity contribution in [3.8, 4) is 0 Å². The van der Waals surface area contributed by atoms with E-state index in [-0.39, 0.29) is 24.9 Å². The number of ether oxygens (including phenoxy) is 1. The summed E-state index contributed by atoms with van der Waals surface area (Å²) in [6.45, 7) is 0. The van der Waals surface area contributed by atoms with Gasteiger partial charge in [-0.25, -0.2) is 0 Å². The Morgan fingerprint density at radius 2 is 1.94 bits per heavy atom. The highest BCUT2D eigenvalue weighted by atomic mass is 16.5. The highest BCUT2D eigenvalue weighted by Gasteiger charge is 2.19. The van der Waals surface area contributed by atoms with Crippen LogP contribution >= 0.6 is 0 Å². The molecule has 0 radical (unpaired) electrons. The largest absolute Gasteiger partial charge is 0.480 e. The van der Waals surface area contributed by atoms with E-state index in [0.29, 0.717) is 0 Å². The van der Waals surface area contributed by atoms with Crippen LogP contribution in [-0.4, -0.2) is 29.2 Å². The number of hydrogen-bond acceptors (Lipinski definition) is 4. The highest BCUT2D eigenvalue weighted by Crippen LogP contribution is 2.20. The van der Waals surface area contributed by atoms with Crippen LogP contribution in [-0.2, 0) is 14.3 Å². The molecule has 16 heavy (non-hydrogen) atoms. The molecule has 0 amide bonds. The predicted molar refractivity (Wildman–Crippen MR) is 57.8 cm³/mol. The van der Waals surface area contributed by atoms with Gasteiger partial charge in [-0.1, -0.05) is 6.42 Å². The predicted octanol–water partition coefficient (Wildman–Crippen LogP) is 1.05. The van der Waals surface area contributed by atoms with Crippen LogP contribution in [0.15, 0.2) is 0 Å². The van der Waals surface area contributed by atoms with E-state index < -0.39 is 12.0 Å². The smallest absolute Gasteiger partial charge is 0.320 e. The van der Waals surface area contributed by atoms with Crippen molar-refractivity contribution in [1.29, 1.82) is 0 Å². The Labute approximate surface area is 95.0 Å². The molecule has 1 aliphatic rings. The molecular formula is C11H19NO4. The monoisotopic (exact) mass is 229 g/mol. The Bertz CT molecular complexity index is 248. The summed E-state index contributed by atoms with van der Waals surface area (Å²) in [6, 6.07) is -0.973. The number of carboxylic acids is 1. The lowest BCUT2D eigenvalue weighted by atomic mass is 9.98. The van der Waals surface area contributed by atoms with Gasteiger partial charge >= 0.3 is 11.9 Å². The summed E-state index contributed by atoms with van der Waals surface area (Å²) in [5.74, 6) is -1.41. The molecule has 92 valence electrons. The van der Waals surface area contributed by atoms with Gasteiger partial charge < -0.3 is 15.6 Å². The molecule has 0 heterocycles. The molecule has 0 bridgehead atoms. The van der Waals surface area contributed by atoms with Crippen molar-refractivity contribution in [3.05, 3.63) is 0 Å². The van der Waals surface area contributed by atoms with Crippen molar-refractivity contribution in [2.75, 3.05) is 0 Å². The van der Waals surface area contributed by atoms with Crippen molar-refractivity contribution in [3.63, 3.8) is 0 Å². The quantitative estimate of drug-likeness (QED) is 0.688. The maximum absolute atomic E-state index is 11.4. The first-order valence-corrected chi connectivity index (χ1v) is 5.77. The Morgan fingerprint density at radius 1 is 1.31 bits per heavy atom. The van der Waals surface area contributed by atoms with Crippen LogP contribution in [0.5, 0.6) is 0 Å². The minimum Gasteiger partial charge on any atom is -0.480 e. The summed E-state index contributed by atoms with van der Waals surface area (Å²) in [5, 5.41) is 8.54. The fourth-order valence-electron chi connectivity index (χ4n) is 1.82. The summed E-state index contributed by atoms with van der Waals surface area (Å²) in [5.41, 5.74) is 5.29. The van der Waals surface area contributed by atoms with Gasteiger partial charge in [0.15, 0.2) is 0 Å². The average Bonchev–Trinajstić information content (AvgIpc) is 2.27. The first-order valence-electron chi connectivity index (χ1n) is 5.77. The Balaban J connectivity index is 2.17. The van der Waals surface area contributed by atoms with Gasteiger partial charge in [-0.2, -0.15) is 0 Å². The molecule has 1 rings (SSSR count). The minimum atomic E-state index is -1.08. The first kappa shape index (κ1) is 13.0. The number of carbonyl (C=O) groups is 2. The first-order chi connectivity index (χ1) is 7.59. The van der Waals surface area contributed by atoms with Crippen LogP contribution in [0, 0.1) is 0 Å². The standard InChI is InChI=1S/C11H19NO4/c12-9(11(14)15)6-7-10(13)16-8-4-2-1-3-5-8/h8-9H,1-7,12H2,(H,14,15)/t9-/m1/s1. The van der Waals surface area contributed by atoms with Gasteiger partial charge in [0.1, 0.15) is 12.1 Å². The fourth-order valence-corrected chi connectivity index (χ4v) is 1.82. The molecule has 0 aromatic carbocycles. The molecule has 0 aromatic heterocycles. The van der Waals surface area contributed by atoms with E-state index in [2.05, 4.69) is 0 Å². The maximum Gasteiger partial charge on any atom is 0.320 e. The van der Waals surface area contributed by atoms with E-state index in [1.54, 1.807) is 0 Å². The third-order valence-electron chi connectivity index (χ3n) is 2.83. The summed E-state index contributed by atoms with van der Waals surface area (Å²) >= 11 is 0. The molecule has 0 unspecified atom stereocenters. The lowest BCUT2D eigenvalue weighted by molar-refractivity contribution is -0.150. The Hall–Kier alpha value is -1.10.